The van der Waals surface area contributed by atoms with E-state index in [0.29, 0.717) is 0 Å². The van der Waals surface area contributed by atoms with Crippen molar-refractivity contribution in [3.05, 3.63) is 212 Å². The van der Waals surface area contributed by atoms with Gasteiger partial charge in [-0.1, -0.05) is 206 Å². The van der Waals surface area contributed by atoms with Crippen LogP contribution in [-0.4, -0.2) is 0 Å². The SMILES string of the molecule is c1ccc(P(c2ccccc2)c2c(-c3ccc4ccccc4c3-c3c(-c4ccc5ccccc5c4)ccc4ccccc34)ccc3ccccc23)cc1. The summed E-state index contributed by atoms with van der Waals surface area (Å²) in [6, 6.07) is 78.7. The van der Waals surface area contributed by atoms with Gasteiger partial charge < -0.3 is 0 Å². The predicted octanol–water partition coefficient (Wildman–Crippen LogP) is 13.1. The summed E-state index contributed by atoms with van der Waals surface area (Å²) in [4.78, 5) is 0. The maximum absolute atomic E-state index is 2.40. The number of rotatable bonds is 6. The summed E-state index contributed by atoms with van der Waals surface area (Å²) in [6.07, 6.45) is 0. The molecule has 0 bridgehead atoms. The highest BCUT2D eigenvalue weighted by Gasteiger charge is 2.26. The zero-order chi connectivity index (χ0) is 35.1. The van der Waals surface area contributed by atoms with Crippen molar-refractivity contribution < 1.29 is 0 Å². The minimum Gasteiger partial charge on any atom is -0.0622 e. The maximum atomic E-state index is 2.40. The van der Waals surface area contributed by atoms with Crippen LogP contribution in [0.1, 0.15) is 0 Å². The fourth-order valence-corrected chi connectivity index (χ4v) is 10.8. The molecule has 10 aromatic rings. The summed E-state index contributed by atoms with van der Waals surface area (Å²) in [5, 5.41) is 14.1. The van der Waals surface area contributed by atoms with Gasteiger partial charge >= 0.3 is 0 Å². The zero-order valence-corrected chi connectivity index (χ0v) is 30.0. The fraction of sp³-hybridized carbons (Fsp3) is 0. The van der Waals surface area contributed by atoms with E-state index in [1.54, 1.807) is 0 Å². The Bertz CT molecular complexity index is 2900. The molecule has 0 N–H and O–H groups in total. The molecule has 0 aromatic heterocycles. The Morgan fingerprint density at radius 1 is 0.264 bits per heavy atom. The first-order valence-electron chi connectivity index (χ1n) is 18.3. The van der Waals surface area contributed by atoms with Crippen molar-refractivity contribution in [3.8, 4) is 33.4 Å². The van der Waals surface area contributed by atoms with Crippen LogP contribution < -0.4 is 15.9 Å². The molecular weight excluding hydrogens is 656 g/mol. The summed E-state index contributed by atoms with van der Waals surface area (Å²) in [5.74, 6) is 0. The summed E-state index contributed by atoms with van der Waals surface area (Å²) in [5.41, 5.74) is 7.53. The molecule has 10 aromatic carbocycles. The molecule has 0 atom stereocenters. The highest BCUT2D eigenvalue weighted by Crippen LogP contribution is 2.48. The summed E-state index contributed by atoms with van der Waals surface area (Å²) in [6.45, 7) is 0. The summed E-state index contributed by atoms with van der Waals surface area (Å²) in [7, 11) is -0.921. The van der Waals surface area contributed by atoms with Crippen molar-refractivity contribution in [3.63, 3.8) is 0 Å². The first-order chi connectivity index (χ1) is 26.3. The van der Waals surface area contributed by atoms with E-state index in [-0.39, 0.29) is 0 Å². The van der Waals surface area contributed by atoms with E-state index in [9.17, 15) is 0 Å². The summed E-state index contributed by atoms with van der Waals surface area (Å²) < 4.78 is 0. The molecule has 0 saturated carbocycles. The number of fused-ring (bicyclic) bond motifs is 4. The van der Waals surface area contributed by atoms with Gasteiger partial charge in [-0.3, -0.25) is 0 Å². The van der Waals surface area contributed by atoms with Crippen LogP contribution in [-0.2, 0) is 0 Å². The van der Waals surface area contributed by atoms with Gasteiger partial charge in [0.2, 0.25) is 0 Å². The lowest BCUT2D eigenvalue weighted by Gasteiger charge is -2.26. The lowest BCUT2D eigenvalue weighted by Crippen LogP contribution is -2.23. The molecule has 1 heteroatoms. The van der Waals surface area contributed by atoms with Crippen molar-refractivity contribution >= 4 is 66.9 Å². The van der Waals surface area contributed by atoms with Crippen molar-refractivity contribution in [2.75, 3.05) is 0 Å². The van der Waals surface area contributed by atoms with Gasteiger partial charge in [-0.2, -0.15) is 0 Å². The van der Waals surface area contributed by atoms with Crippen LogP contribution in [0.15, 0.2) is 212 Å². The van der Waals surface area contributed by atoms with E-state index in [0.717, 1.165) is 0 Å². The summed E-state index contributed by atoms with van der Waals surface area (Å²) >= 11 is 0. The highest BCUT2D eigenvalue weighted by molar-refractivity contribution is 7.80. The third-order valence-electron chi connectivity index (χ3n) is 10.6. The third kappa shape index (κ3) is 5.51. The highest BCUT2D eigenvalue weighted by atomic mass is 31.1. The van der Waals surface area contributed by atoms with Crippen LogP contribution in [0.3, 0.4) is 0 Å². The standard InChI is InChI=1S/C52H35P/c1-3-20-42(21-4-1)53(43-22-5-2-6-23-43)52-47-26-14-11-18-39(47)31-34-49(52)48-33-30-38-17-10-13-25-45(38)51(48)50-44-24-12-9-16-37(44)29-32-46(50)41-28-27-36-15-7-8-19-40(36)35-41/h1-35H. The molecule has 0 saturated heterocycles. The van der Waals surface area contributed by atoms with Crippen molar-refractivity contribution in [1.29, 1.82) is 0 Å². The van der Waals surface area contributed by atoms with Crippen molar-refractivity contribution in [1.82, 2.24) is 0 Å². The van der Waals surface area contributed by atoms with Gasteiger partial charge in [-0.05, 0) is 101 Å². The molecule has 0 nitrogen and oxygen atoms in total. The van der Waals surface area contributed by atoms with E-state index in [1.165, 1.54) is 92.4 Å². The molecule has 0 amide bonds. The van der Waals surface area contributed by atoms with Crippen LogP contribution in [0.4, 0.5) is 0 Å². The minimum atomic E-state index is -0.921. The molecule has 0 fully saturated rings. The molecule has 10 rings (SSSR count). The zero-order valence-electron chi connectivity index (χ0n) is 29.2. The van der Waals surface area contributed by atoms with Crippen LogP contribution in [0.25, 0.3) is 76.5 Å². The molecule has 0 radical (unpaired) electrons. The Morgan fingerprint density at radius 3 is 1.28 bits per heavy atom. The van der Waals surface area contributed by atoms with Gasteiger partial charge in [0.25, 0.3) is 0 Å². The number of hydrogen-bond donors (Lipinski definition) is 0. The lowest BCUT2D eigenvalue weighted by atomic mass is 9.83. The number of benzene rings is 10. The molecular formula is C52H35P. The van der Waals surface area contributed by atoms with Gasteiger partial charge in [0, 0.05) is 5.30 Å². The Labute approximate surface area is 311 Å². The average molecular weight is 691 g/mol. The Kier molecular flexibility index (Phi) is 7.90. The third-order valence-corrected chi connectivity index (χ3v) is 13.2. The van der Waals surface area contributed by atoms with Crippen LogP contribution in [0, 0.1) is 0 Å². The number of hydrogen-bond acceptors (Lipinski definition) is 0. The quantitative estimate of drug-likeness (QED) is 0.152. The molecule has 0 aliphatic heterocycles. The smallest absolute Gasteiger partial charge is 0.000617 e. The largest absolute Gasteiger partial charge is 0.0622 e. The van der Waals surface area contributed by atoms with Gasteiger partial charge in [-0.15, -0.1) is 0 Å². The molecule has 0 aliphatic rings. The van der Waals surface area contributed by atoms with E-state index < -0.39 is 7.92 Å². The van der Waals surface area contributed by atoms with Crippen LogP contribution >= 0.6 is 7.92 Å². The fourth-order valence-electron chi connectivity index (χ4n) is 8.18. The first-order valence-corrected chi connectivity index (χ1v) is 19.6. The van der Waals surface area contributed by atoms with E-state index >= 15 is 0 Å². The molecule has 0 aliphatic carbocycles. The van der Waals surface area contributed by atoms with Gasteiger partial charge in [0.05, 0.1) is 0 Å². The second-order valence-electron chi connectivity index (χ2n) is 13.7. The Morgan fingerprint density at radius 2 is 0.679 bits per heavy atom. The van der Waals surface area contributed by atoms with E-state index in [4.69, 9.17) is 0 Å². The second kappa shape index (κ2) is 13.3. The van der Waals surface area contributed by atoms with Gasteiger partial charge in [0.15, 0.2) is 0 Å². The molecule has 248 valence electrons. The average Bonchev–Trinajstić information content (AvgIpc) is 3.24. The molecule has 53 heavy (non-hydrogen) atoms. The van der Waals surface area contributed by atoms with Crippen LogP contribution in [0.5, 0.6) is 0 Å². The predicted molar refractivity (Wildman–Crippen MR) is 231 cm³/mol. The van der Waals surface area contributed by atoms with Gasteiger partial charge in [0.1, 0.15) is 0 Å². The molecule has 0 spiro atoms. The second-order valence-corrected chi connectivity index (χ2v) is 15.8. The molecule has 0 unspecified atom stereocenters. The molecule has 0 heterocycles. The topological polar surface area (TPSA) is 0 Å². The van der Waals surface area contributed by atoms with Crippen LogP contribution in [0.2, 0.25) is 0 Å². The maximum Gasteiger partial charge on any atom is 0.000617 e. The normalized spacial score (nSPS) is 11.6. The van der Waals surface area contributed by atoms with E-state index in [1.807, 2.05) is 0 Å². The monoisotopic (exact) mass is 690 g/mol. The minimum absolute atomic E-state index is 0.921. The lowest BCUT2D eigenvalue weighted by molar-refractivity contribution is 1.63. The Balaban J connectivity index is 1.36. The van der Waals surface area contributed by atoms with Gasteiger partial charge in [-0.25, -0.2) is 0 Å². The van der Waals surface area contributed by atoms with Crippen molar-refractivity contribution in [2.45, 2.75) is 0 Å². The van der Waals surface area contributed by atoms with Crippen molar-refractivity contribution in [2.24, 2.45) is 0 Å². The van der Waals surface area contributed by atoms with E-state index in [2.05, 4.69) is 212 Å². The first kappa shape index (κ1) is 31.4. The Hall–Kier alpha value is -6.33.